The number of carbonyl (C=O) groups excluding carboxylic acids is 2. The number of aromatic amines is 2. The second-order valence-electron chi connectivity index (χ2n) is 5.98. The van der Waals surface area contributed by atoms with Gasteiger partial charge in [-0.05, 0) is 0 Å². The lowest BCUT2D eigenvalue weighted by atomic mass is 10.3. The third-order valence-corrected chi connectivity index (χ3v) is 3.52. The number of aliphatic hydroxyl groups excluding tert-OH is 1. The van der Waals surface area contributed by atoms with Gasteiger partial charge in [-0.3, -0.25) is 14.4 Å². The number of carboxylic acid groups (broad SMARTS) is 2. The molecule has 0 saturated heterocycles. The first-order valence-electron chi connectivity index (χ1n) is 8.88. The summed E-state index contributed by atoms with van der Waals surface area (Å²) in [4.78, 5) is 56.2. The number of carbonyl (C=O) groups is 4. The number of amides is 2. The van der Waals surface area contributed by atoms with Gasteiger partial charge in [0, 0.05) is 49.7 Å². The fourth-order valence-corrected chi connectivity index (χ4v) is 2.04. The Bertz CT molecular complexity index is 741. The van der Waals surface area contributed by atoms with Crippen LogP contribution in [0, 0.1) is 0 Å². The van der Waals surface area contributed by atoms with Crippen LogP contribution in [0.1, 0.15) is 24.2 Å². The Kier molecular flexibility index (Phi) is 10.9. The maximum atomic E-state index is 11.6. The van der Waals surface area contributed by atoms with Gasteiger partial charge in [0.05, 0.1) is 19.1 Å². The first-order valence-corrected chi connectivity index (χ1v) is 8.88. The molecule has 0 fully saturated rings. The number of carboxylic acids is 2. The van der Waals surface area contributed by atoms with E-state index in [9.17, 15) is 19.2 Å². The summed E-state index contributed by atoms with van der Waals surface area (Å²) in [6.07, 6.45) is 5.20. The van der Waals surface area contributed by atoms with E-state index < -0.39 is 24.5 Å². The zero-order valence-corrected chi connectivity index (χ0v) is 16.0. The normalized spacial score (nSPS) is 11.0. The summed E-state index contributed by atoms with van der Waals surface area (Å²) < 4.78 is 0. The third-order valence-electron chi connectivity index (χ3n) is 3.52. The SMILES string of the molecule is O=C(CC(=O)NCCc1cnc[nH]1)NCCc1cnc[nH]1.O=C(O)CC(O)C(=O)O. The summed E-state index contributed by atoms with van der Waals surface area (Å²) in [5.74, 6) is -3.41. The molecule has 7 N–H and O–H groups in total. The van der Waals surface area contributed by atoms with Crippen molar-refractivity contribution in [1.29, 1.82) is 0 Å². The topological polar surface area (TPSA) is 210 Å². The highest BCUT2D eigenvalue weighted by molar-refractivity contribution is 5.96. The number of hydrogen-bond acceptors (Lipinski definition) is 7. The molecule has 0 spiro atoms. The van der Waals surface area contributed by atoms with Crippen LogP contribution in [0.15, 0.2) is 25.0 Å². The van der Waals surface area contributed by atoms with E-state index in [1.807, 2.05) is 0 Å². The molecule has 0 saturated carbocycles. The van der Waals surface area contributed by atoms with Gasteiger partial charge < -0.3 is 35.9 Å². The lowest BCUT2D eigenvalue weighted by molar-refractivity contribution is -0.152. The minimum Gasteiger partial charge on any atom is -0.481 e. The number of aromatic nitrogens is 4. The molecule has 30 heavy (non-hydrogen) atoms. The van der Waals surface area contributed by atoms with Gasteiger partial charge >= 0.3 is 11.9 Å². The summed E-state index contributed by atoms with van der Waals surface area (Å²) >= 11 is 0. The van der Waals surface area contributed by atoms with E-state index in [0.29, 0.717) is 25.9 Å². The zero-order chi connectivity index (χ0) is 22.4. The molecule has 0 aromatic carbocycles. The maximum Gasteiger partial charge on any atom is 0.333 e. The Morgan fingerprint density at radius 3 is 1.67 bits per heavy atom. The number of rotatable bonds is 11. The zero-order valence-electron chi connectivity index (χ0n) is 16.0. The minimum absolute atomic E-state index is 0.161. The number of nitrogens with zero attached hydrogens (tertiary/aromatic N) is 2. The Morgan fingerprint density at radius 1 is 0.900 bits per heavy atom. The van der Waals surface area contributed by atoms with E-state index in [4.69, 9.17) is 15.3 Å². The number of aliphatic carboxylic acids is 2. The molecule has 1 atom stereocenters. The maximum absolute atomic E-state index is 11.6. The molecule has 2 heterocycles. The predicted octanol–water partition coefficient (Wildman–Crippen LogP) is -1.55. The number of imidazole rings is 2. The fourth-order valence-electron chi connectivity index (χ4n) is 2.04. The molecule has 0 aliphatic heterocycles. The van der Waals surface area contributed by atoms with Gasteiger partial charge in [0.1, 0.15) is 6.42 Å². The van der Waals surface area contributed by atoms with Crippen LogP contribution >= 0.6 is 0 Å². The van der Waals surface area contributed by atoms with Crippen molar-refractivity contribution < 1.29 is 34.5 Å². The molecule has 0 radical (unpaired) electrons. The molecule has 1 unspecified atom stereocenters. The molecule has 2 aromatic heterocycles. The van der Waals surface area contributed by atoms with Gasteiger partial charge in [-0.1, -0.05) is 0 Å². The molecule has 13 heteroatoms. The molecule has 0 aliphatic rings. The van der Waals surface area contributed by atoms with E-state index >= 15 is 0 Å². The van der Waals surface area contributed by atoms with E-state index in [2.05, 4.69) is 30.6 Å². The van der Waals surface area contributed by atoms with Gasteiger partial charge in [0.2, 0.25) is 11.8 Å². The van der Waals surface area contributed by atoms with Crippen LogP contribution in [0.4, 0.5) is 0 Å². The van der Waals surface area contributed by atoms with Crippen LogP contribution in [-0.2, 0) is 32.0 Å². The number of H-pyrrole nitrogens is 2. The van der Waals surface area contributed by atoms with Crippen molar-refractivity contribution in [1.82, 2.24) is 30.6 Å². The molecule has 2 aromatic rings. The van der Waals surface area contributed by atoms with Gasteiger partial charge in [0.25, 0.3) is 0 Å². The van der Waals surface area contributed by atoms with Crippen molar-refractivity contribution in [2.75, 3.05) is 13.1 Å². The van der Waals surface area contributed by atoms with Crippen LogP contribution in [-0.4, -0.2) is 78.2 Å². The average molecular weight is 424 g/mol. The Hall–Kier alpha value is -3.74. The third kappa shape index (κ3) is 11.2. The molecular weight excluding hydrogens is 400 g/mol. The Balaban J connectivity index is 0.000000424. The standard InChI is InChI=1S/C13H18N6O2.C4H6O5/c20-12(16-3-1-10-6-14-8-18-10)5-13(21)17-4-2-11-7-15-9-19-11;5-2(4(8)9)1-3(6)7/h6-9H,1-5H2,(H,14,18)(H,15,19)(H,16,20)(H,17,21);2,5H,1H2,(H,6,7)(H,8,9). The molecule has 0 aliphatic carbocycles. The van der Waals surface area contributed by atoms with E-state index in [0.717, 1.165) is 11.4 Å². The van der Waals surface area contributed by atoms with Crippen LogP contribution < -0.4 is 10.6 Å². The van der Waals surface area contributed by atoms with Crippen LogP contribution in [0.2, 0.25) is 0 Å². The lowest BCUT2D eigenvalue weighted by Crippen LogP contribution is -2.33. The number of aliphatic hydroxyl groups is 1. The van der Waals surface area contributed by atoms with Crippen molar-refractivity contribution in [3.63, 3.8) is 0 Å². The summed E-state index contributed by atoms with van der Waals surface area (Å²) in [7, 11) is 0. The highest BCUT2D eigenvalue weighted by Crippen LogP contribution is 1.92. The molecule has 164 valence electrons. The van der Waals surface area contributed by atoms with Crippen LogP contribution in [0.25, 0.3) is 0 Å². The fraction of sp³-hybridized carbons (Fsp3) is 0.412. The highest BCUT2D eigenvalue weighted by Gasteiger charge is 2.16. The molecule has 13 nitrogen and oxygen atoms in total. The van der Waals surface area contributed by atoms with Gasteiger partial charge in [-0.25, -0.2) is 14.8 Å². The van der Waals surface area contributed by atoms with Crippen molar-refractivity contribution in [2.45, 2.75) is 31.8 Å². The largest absolute Gasteiger partial charge is 0.481 e. The van der Waals surface area contributed by atoms with Crippen LogP contribution in [0.5, 0.6) is 0 Å². The van der Waals surface area contributed by atoms with Crippen molar-refractivity contribution in [3.8, 4) is 0 Å². The number of nitrogens with one attached hydrogen (secondary N) is 4. The quantitative estimate of drug-likeness (QED) is 0.208. The molecule has 2 rings (SSSR count). The molecular formula is C17H24N6O7. The summed E-state index contributed by atoms with van der Waals surface area (Å²) in [5, 5.41) is 29.5. The van der Waals surface area contributed by atoms with Gasteiger partial charge in [-0.2, -0.15) is 0 Å². The second-order valence-corrected chi connectivity index (χ2v) is 5.98. The monoisotopic (exact) mass is 424 g/mol. The summed E-state index contributed by atoms with van der Waals surface area (Å²) in [5.41, 5.74) is 1.89. The smallest absolute Gasteiger partial charge is 0.333 e. The molecule has 0 bridgehead atoms. The van der Waals surface area contributed by atoms with E-state index in [-0.39, 0.29) is 18.2 Å². The lowest BCUT2D eigenvalue weighted by Gasteiger charge is -2.05. The molecule has 2 amide bonds. The van der Waals surface area contributed by atoms with Gasteiger partial charge in [0.15, 0.2) is 6.10 Å². The second kappa shape index (κ2) is 13.4. The Morgan fingerprint density at radius 2 is 1.37 bits per heavy atom. The predicted molar refractivity (Wildman–Crippen MR) is 101 cm³/mol. The van der Waals surface area contributed by atoms with Crippen molar-refractivity contribution in [2.24, 2.45) is 0 Å². The van der Waals surface area contributed by atoms with Crippen LogP contribution in [0.3, 0.4) is 0 Å². The van der Waals surface area contributed by atoms with E-state index in [1.54, 1.807) is 25.0 Å². The van der Waals surface area contributed by atoms with Gasteiger partial charge in [-0.15, -0.1) is 0 Å². The van der Waals surface area contributed by atoms with Crippen molar-refractivity contribution >= 4 is 23.8 Å². The minimum atomic E-state index is -1.79. The first-order chi connectivity index (χ1) is 14.3. The summed E-state index contributed by atoms with van der Waals surface area (Å²) in [6, 6.07) is 0. The number of hydrogen-bond donors (Lipinski definition) is 7. The average Bonchev–Trinajstić information content (AvgIpc) is 3.35. The Labute approximate surface area is 170 Å². The van der Waals surface area contributed by atoms with Crippen molar-refractivity contribution in [3.05, 3.63) is 36.4 Å². The summed E-state index contributed by atoms with van der Waals surface area (Å²) in [6.45, 7) is 0.949. The van der Waals surface area contributed by atoms with E-state index in [1.165, 1.54) is 0 Å². The first kappa shape index (κ1) is 24.3. The highest BCUT2D eigenvalue weighted by atomic mass is 16.4.